The van der Waals surface area contributed by atoms with Gasteiger partial charge in [-0.25, -0.2) is 0 Å². The summed E-state index contributed by atoms with van der Waals surface area (Å²) in [4.78, 5) is 2.67. The Morgan fingerprint density at radius 3 is 2.71 bits per heavy atom. The largest absolute Gasteiger partial charge is 0.328 e. The Morgan fingerprint density at radius 2 is 2.14 bits per heavy atom. The van der Waals surface area contributed by atoms with Crippen LogP contribution in [-0.2, 0) is 0 Å². The fraction of sp³-hybridized carbons (Fsp3) is 1.00. The fourth-order valence-corrected chi connectivity index (χ4v) is 3.82. The zero-order valence-electron chi connectivity index (χ0n) is 9.33. The summed E-state index contributed by atoms with van der Waals surface area (Å²) in [6, 6.07) is 1.25. The van der Waals surface area contributed by atoms with Gasteiger partial charge in [-0.3, -0.25) is 4.90 Å². The molecule has 0 aromatic heterocycles. The Bertz CT molecular complexity index is 205. The molecule has 0 spiro atoms. The maximum Gasteiger partial charge on any atom is 0.0231 e. The van der Waals surface area contributed by atoms with Crippen LogP contribution in [0.1, 0.15) is 33.1 Å². The summed E-state index contributed by atoms with van der Waals surface area (Å²) in [5.41, 5.74) is 5.97. The monoisotopic (exact) mass is 214 g/mol. The van der Waals surface area contributed by atoms with Crippen LogP contribution in [0.4, 0.5) is 0 Å². The van der Waals surface area contributed by atoms with E-state index in [1.165, 1.54) is 38.1 Å². The van der Waals surface area contributed by atoms with Crippen molar-refractivity contribution in [1.82, 2.24) is 4.90 Å². The number of hydrogen-bond donors (Lipinski definition) is 1. The van der Waals surface area contributed by atoms with Crippen LogP contribution >= 0.6 is 11.8 Å². The van der Waals surface area contributed by atoms with Gasteiger partial charge in [-0.2, -0.15) is 11.8 Å². The summed E-state index contributed by atoms with van der Waals surface area (Å²) in [5.74, 6) is 1.29. The van der Waals surface area contributed by atoms with Crippen molar-refractivity contribution in [3.05, 3.63) is 0 Å². The molecule has 1 aliphatic heterocycles. The van der Waals surface area contributed by atoms with Gasteiger partial charge in [0.1, 0.15) is 0 Å². The Morgan fingerprint density at radius 1 is 1.36 bits per heavy atom. The van der Waals surface area contributed by atoms with Crippen molar-refractivity contribution in [2.45, 2.75) is 49.9 Å². The van der Waals surface area contributed by atoms with Gasteiger partial charge in [0.2, 0.25) is 0 Å². The van der Waals surface area contributed by atoms with E-state index in [9.17, 15) is 0 Å². The van der Waals surface area contributed by atoms with E-state index in [4.69, 9.17) is 5.73 Å². The highest BCUT2D eigenvalue weighted by molar-refractivity contribution is 8.00. The fourth-order valence-electron chi connectivity index (χ4n) is 2.69. The maximum atomic E-state index is 5.97. The molecule has 2 N–H and O–H groups in total. The molecule has 14 heavy (non-hydrogen) atoms. The van der Waals surface area contributed by atoms with Crippen LogP contribution in [0.5, 0.6) is 0 Å². The van der Waals surface area contributed by atoms with Gasteiger partial charge < -0.3 is 5.73 Å². The highest BCUT2D eigenvalue weighted by atomic mass is 32.2. The highest BCUT2D eigenvalue weighted by Crippen LogP contribution is 2.33. The molecule has 3 heteroatoms. The standard InChI is InChI=1S/C11H22N2S/c1-11(2)8-13(5-6-14-11)10-4-3-9(12)7-10/h9-10H,3-8,12H2,1-2H3. The molecule has 1 heterocycles. The molecule has 2 atom stereocenters. The van der Waals surface area contributed by atoms with Crippen LogP contribution in [0.15, 0.2) is 0 Å². The summed E-state index contributed by atoms with van der Waals surface area (Å²) in [7, 11) is 0. The smallest absolute Gasteiger partial charge is 0.0231 e. The molecule has 2 unspecified atom stereocenters. The van der Waals surface area contributed by atoms with Gasteiger partial charge in [0.25, 0.3) is 0 Å². The Hall–Kier alpha value is 0.270. The summed E-state index contributed by atoms with van der Waals surface area (Å²) < 4.78 is 0.449. The van der Waals surface area contributed by atoms with Gasteiger partial charge in [-0.15, -0.1) is 0 Å². The average molecular weight is 214 g/mol. The summed E-state index contributed by atoms with van der Waals surface area (Å²) in [6.45, 7) is 7.23. The van der Waals surface area contributed by atoms with Gasteiger partial charge in [0.15, 0.2) is 0 Å². The van der Waals surface area contributed by atoms with Gasteiger partial charge in [-0.05, 0) is 33.1 Å². The van der Waals surface area contributed by atoms with Crippen molar-refractivity contribution in [2.75, 3.05) is 18.8 Å². The first-order chi connectivity index (χ1) is 6.57. The summed E-state index contributed by atoms with van der Waals surface area (Å²) in [6.07, 6.45) is 3.78. The predicted molar refractivity (Wildman–Crippen MR) is 63.7 cm³/mol. The third kappa shape index (κ3) is 2.44. The van der Waals surface area contributed by atoms with E-state index in [1.54, 1.807) is 0 Å². The lowest BCUT2D eigenvalue weighted by Gasteiger charge is -2.40. The van der Waals surface area contributed by atoms with Gasteiger partial charge >= 0.3 is 0 Å². The van der Waals surface area contributed by atoms with Crippen molar-refractivity contribution < 1.29 is 0 Å². The number of thioether (sulfide) groups is 1. The molecule has 0 bridgehead atoms. The number of hydrogen-bond acceptors (Lipinski definition) is 3. The quantitative estimate of drug-likeness (QED) is 0.720. The molecule has 1 aliphatic carbocycles. The second-order valence-corrected chi connectivity index (χ2v) is 7.11. The Balaban J connectivity index is 1.91. The molecule has 1 saturated heterocycles. The van der Waals surface area contributed by atoms with E-state index in [1.807, 2.05) is 0 Å². The summed E-state index contributed by atoms with van der Waals surface area (Å²) >= 11 is 2.11. The zero-order chi connectivity index (χ0) is 10.2. The highest BCUT2D eigenvalue weighted by Gasteiger charge is 2.33. The Labute approximate surface area is 91.6 Å². The summed E-state index contributed by atoms with van der Waals surface area (Å²) in [5, 5.41) is 0. The second kappa shape index (κ2) is 4.03. The average Bonchev–Trinajstić information content (AvgIpc) is 2.50. The molecule has 0 amide bonds. The van der Waals surface area contributed by atoms with E-state index in [0.29, 0.717) is 10.8 Å². The lowest BCUT2D eigenvalue weighted by atomic mass is 10.1. The first-order valence-corrected chi connectivity index (χ1v) is 6.69. The van der Waals surface area contributed by atoms with Crippen molar-refractivity contribution >= 4 is 11.8 Å². The van der Waals surface area contributed by atoms with Crippen molar-refractivity contribution in [3.63, 3.8) is 0 Å². The molecule has 82 valence electrons. The molecule has 1 saturated carbocycles. The maximum absolute atomic E-state index is 5.97. The molecule has 2 fully saturated rings. The third-order valence-electron chi connectivity index (χ3n) is 3.42. The number of rotatable bonds is 1. The van der Waals surface area contributed by atoms with Crippen LogP contribution in [0.3, 0.4) is 0 Å². The van der Waals surface area contributed by atoms with Crippen LogP contribution in [0, 0.1) is 0 Å². The third-order valence-corrected chi connectivity index (χ3v) is 4.71. The van der Waals surface area contributed by atoms with E-state index in [-0.39, 0.29) is 0 Å². The normalized spacial score (nSPS) is 38.8. The van der Waals surface area contributed by atoms with Crippen molar-refractivity contribution in [3.8, 4) is 0 Å². The molecule has 0 aromatic rings. The SMILES string of the molecule is CC1(C)CN(C2CCC(N)C2)CCS1. The van der Waals surface area contributed by atoms with E-state index < -0.39 is 0 Å². The number of nitrogens with zero attached hydrogens (tertiary/aromatic N) is 1. The van der Waals surface area contributed by atoms with Crippen molar-refractivity contribution in [1.29, 1.82) is 0 Å². The lowest BCUT2D eigenvalue weighted by molar-refractivity contribution is 0.188. The van der Waals surface area contributed by atoms with Crippen LogP contribution < -0.4 is 5.73 Å². The molecule has 0 radical (unpaired) electrons. The van der Waals surface area contributed by atoms with Gasteiger partial charge in [0, 0.05) is 35.7 Å². The van der Waals surface area contributed by atoms with Crippen LogP contribution in [-0.4, -0.2) is 40.6 Å². The second-order valence-electron chi connectivity index (χ2n) is 5.31. The minimum atomic E-state index is 0.449. The van der Waals surface area contributed by atoms with Gasteiger partial charge in [0.05, 0.1) is 0 Å². The zero-order valence-corrected chi connectivity index (χ0v) is 10.1. The van der Waals surface area contributed by atoms with E-state index in [2.05, 4.69) is 30.5 Å². The minimum absolute atomic E-state index is 0.449. The molecule has 0 aromatic carbocycles. The number of nitrogens with two attached hydrogens (primary N) is 1. The Kier molecular flexibility index (Phi) is 3.10. The predicted octanol–water partition coefficient (Wildman–Crippen LogP) is 1.69. The van der Waals surface area contributed by atoms with Crippen LogP contribution in [0.2, 0.25) is 0 Å². The minimum Gasteiger partial charge on any atom is -0.328 e. The first-order valence-electron chi connectivity index (χ1n) is 5.70. The molecular weight excluding hydrogens is 192 g/mol. The van der Waals surface area contributed by atoms with E-state index in [0.717, 1.165) is 6.04 Å². The molecule has 2 aliphatic rings. The molecule has 2 nitrogen and oxygen atoms in total. The molecule has 2 rings (SSSR count). The first kappa shape index (κ1) is 10.8. The van der Waals surface area contributed by atoms with Crippen molar-refractivity contribution in [2.24, 2.45) is 5.73 Å². The van der Waals surface area contributed by atoms with Gasteiger partial charge in [-0.1, -0.05) is 0 Å². The molecular formula is C11H22N2S. The van der Waals surface area contributed by atoms with Crippen LogP contribution in [0.25, 0.3) is 0 Å². The van der Waals surface area contributed by atoms with E-state index >= 15 is 0 Å². The topological polar surface area (TPSA) is 29.3 Å². The lowest BCUT2D eigenvalue weighted by Crippen LogP contribution is -2.47.